The van der Waals surface area contributed by atoms with Crippen LogP contribution in [0.2, 0.25) is 0 Å². The van der Waals surface area contributed by atoms with Crippen LogP contribution in [-0.4, -0.2) is 31.5 Å². The highest BCUT2D eigenvalue weighted by Gasteiger charge is 2.69. The molecule has 0 aromatic rings. The van der Waals surface area contributed by atoms with Gasteiger partial charge < -0.3 is 4.74 Å². The van der Waals surface area contributed by atoms with E-state index in [2.05, 4.69) is 4.74 Å². The quantitative estimate of drug-likeness (QED) is 0.648. The van der Waals surface area contributed by atoms with E-state index in [-0.39, 0.29) is 6.92 Å². The van der Waals surface area contributed by atoms with Gasteiger partial charge in [0.25, 0.3) is 0 Å². The van der Waals surface area contributed by atoms with Crippen LogP contribution in [0.1, 0.15) is 6.92 Å². The van der Waals surface area contributed by atoms with E-state index in [9.17, 15) is 26.3 Å². The van der Waals surface area contributed by atoms with Crippen molar-refractivity contribution >= 4 is 0 Å². The summed E-state index contributed by atoms with van der Waals surface area (Å²) in [6.45, 7) is -2.01. The van der Waals surface area contributed by atoms with Gasteiger partial charge in [0.15, 0.2) is 0 Å². The molecule has 13 heavy (non-hydrogen) atoms. The second-order valence-corrected chi connectivity index (χ2v) is 2.60. The third kappa shape index (κ3) is 2.26. The van der Waals surface area contributed by atoms with Gasteiger partial charge in [-0.3, -0.25) is 0 Å². The van der Waals surface area contributed by atoms with Gasteiger partial charge in [-0.1, -0.05) is 0 Å². The molecule has 0 heterocycles. The fourth-order valence-corrected chi connectivity index (χ4v) is 0.593. The largest absolute Gasteiger partial charge is 0.378 e. The minimum atomic E-state index is -5.41. The molecule has 0 spiro atoms. The van der Waals surface area contributed by atoms with Gasteiger partial charge in [-0.05, 0) is 0 Å². The normalized spacial score (nSPS) is 14.8. The molecule has 0 fully saturated rings. The Labute approximate surface area is 70.7 Å². The Morgan fingerprint density at radius 1 is 1.00 bits per heavy atom. The second kappa shape index (κ2) is 3.36. The first-order valence-electron chi connectivity index (χ1n) is 3.18. The predicted molar refractivity (Wildman–Crippen MR) is 32.4 cm³/mol. The Hall–Kier alpha value is -0.460. The summed E-state index contributed by atoms with van der Waals surface area (Å²) >= 11 is 0. The molecular weight excluding hydrogens is 202 g/mol. The Morgan fingerprint density at radius 3 is 1.62 bits per heavy atom. The molecule has 0 saturated heterocycles. The van der Waals surface area contributed by atoms with Crippen molar-refractivity contribution in [3.8, 4) is 0 Å². The molecule has 0 radical (unpaired) electrons. The van der Waals surface area contributed by atoms with Crippen LogP contribution in [0, 0.1) is 0 Å². The zero-order valence-electron chi connectivity index (χ0n) is 6.88. The molecule has 0 aliphatic carbocycles. The first kappa shape index (κ1) is 12.5. The van der Waals surface area contributed by atoms with Crippen molar-refractivity contribution in [1.82, 2.24) is 0 Å². The van der Waals surface area contributed by atoms with Crippen molar-refractivity contribution in [3.05, 3.63) is 0 Å². The zero-order chi connectivity index (χ0) is 10.9. The molecule has 7 heteroatoms. The van der Waals surface area contributed by atoms with Crippen LogP contribution >= 0.6 is 0 Å². The molecule has 0 N–H and O–H groups in total. The topological polar surface area (TPSA) is 9.23 Å². The summed E-state index contributed by atoms with van der Waals surface area (Å²) in [5.74, 6) is -15.1. The van der Waals surface area contributed by atoms with E-state index < -0.39 is 24.4 Å². The Kier molecular flexibility index (Phi) is 3.24. The van der Waals surface area contributed by atoms with Crippen LogP contribution in [0.3, 0.4) is 0 Å². The standard InChI is InChI=1S/C6H8F6O/c1-4(7,8)6(11,12)5(9,10)3-13-2/h3H2,1-2H3. The first-order valence-corrected chi connectivity index (χ1v) is 3.18. The van der Waals surface area contributed by atoms with Gasteiger partial charge in [-0.2, -0.15) is 26.3 Å². The number of methoxy groups -OCH3 is 1. The second-order valence-electron chi connectivity index (χ2n) is 2.60. The number of ether oxygens (including phenoxy) is 1. The van der Waals surface area contributed by atoms with E-state index in [0.717, 1.165) is 7.11 Å². The average molecular weight is 210 g/mol. The van der Waals surface area contributed by atoms with E-state index in [1.165, 1.54) is 0 Å². The highest BCUT2D eigenvalue weighted by Crippen LogP contribution is 2.45. The number of rotatable bonds is 4. The predicted octanol–water partition coefficient (Wildman–Crippen LogP) is 2.56. The van der Waals surface area contributed by atoms with Crippen molar-refractivity contribution in [1.29, 1.82) is 0 Å². The SMILES string of the molecule is COCC(F)(F)C(F)(F)C(C)(F)F. The number of hydrogen-bond acceptors (Lipinski definition) is 1. The van der Waals surface area contributed by atoms with Crippen molar-refractivity contribution in [3.63, 3.8) is 0 Å². The summed E-state index contributed by atoms with van der Waals surface area (Å²) in [6.07, 6.45) is 0. The fourth-order valence-electron chi connectivity index (χ4n) is 0.593. The lowest BCUT2D eigenvalue weighted by molar-refractivity contribution is -0.312. The van der Waals surface area contributed by atoms with Gasteiger partial charge in [0.2, 0.25) is 0 Å². The molecule has 0 amide bonds. The smallest absolute Gasteiger partial charge is 0.373 e. The third-order valence-corrected chi connectivity index (χ3v) is 1.34. The molecule has 0 atom stereocenters. The maximum atomic E-state index is 12.3. The van der Waals surface area contributed by atoms with E-state index in [1.54, 1.807) is 0 Å². The maximum absolute atomic E-state index is 12.3. The summed E-state index contributed by atoms with van der Waals surface area (Å²) in [7, 11) is 0.720. The van der Waals surface area contributed by atoms with Crippen LogP contribution in [0.25, 0.3) is 0 Å². The van der Waals surface area contributed by atoms with Crippen LogP contribution in [0.15, 0.2) is 0 Å². The molecule has 0 aromatic heterocycles. The van der Waals surface area contributed by atoms with Crippen molar-refractivity contribution < 1.29 is 31.1 Å². The Balaban J connectivity index is 4.81. The lowest BCUT2D eigenvalue weighted by Crippen LogP contribution is -2.54. The summed E-state index contributed by atoms with van der Waals surface area (Å²) in [6, 6.07) is 0. The number of halogens is 6. The lowest BCUT2D eigenvalue weighted by Gasteiger charge is -2.30. The molecule has 0 unspecified atom stereocenters. The molecule has 1 nitrogen and oxygen atoms in total. The van der Waals surface area contributed by atoms with Crippen LogP contribution in [0.5, 0.6) is 0 Å². The molecule has 0 aliphatic heterocycles. The van der Waals surface area contributed by atoms with Gasteiger partial charge in [-0.15, -0.1) is 0 Å². The minimum absolute atomic E-state index is 0.267. The van der Waals surface area contributed by atoms with Crippen molar-refractivity contribution in [2.45, 2.75) is 24.7 Å². The molecule has 0 aliphatic rings. The lowest BCUT2D eigenvalue weighted by atomic mass is 10.1. The van der Waals surface area contributed by atoms with E-state index in [4.69, 9.17) is 0 Å². The van der Waals surface area contributed by atoms with Crippen LogP contribution < -0.4 is 0 Å². The highest BCUT2D eigenvalue weighted by molar-refractivity contribution is 4.93. The van der Waals surface area contributed by atoms with Gasteiger partial charge >= 0.3 is 17.8 Å². The van der Waals surface area contributed by atoms with E-state index >= 15 is 0 Å². The van der Waals surface area contributed by atoms with Gasteiger partial charge in [0.05, 0.1) is 0 Å². The summed E-state index contributed by atoms with van der Waals surface area (Å²) < 4.78 is 77.1. The first-order chi connectivity index (χ1) is 5.56. The van der Waals surface area contributed by atoms with Crippen molar-refractivity contribution in [2.75, 3.05) is 13.7 Å². The van der Waals surface area contributed by atoms with Crippen LogP contribution in [-0.2, 0) is 4.74 Å². The van der Waals surface area contributed by atoms with Crippen molar-refractivity contribution in [2.24, 2.45) is 0 Å². The molecule has 0 bridgehead atoms. The monoisotopic (exact) mass is 210 g/mol. The average Bonchev–Trinajstić information content (AvgIpc) is 1.84. The maximum Gasteiger partial charge on any atom is 0.373 e. The van der Waals surface area contributed by atoms with Gasteiger partial charge in [0, 0.05) is 14.0 Å². The summed E-state index contributed by atoms with van der Waals surface area (Å²) in [5.41, 5.74) is 0. The fraction of sp³-hybridized carbons (Fsp3) is 1.00. The van der Waals surface area contributed by atoms with Gasteiger partial charge in [0.1, 0.15) is 6.61 Å². The Morgan fingerprint density at radius 2 is 1.38 bits per heavy atom. The van der Waals surface area contributed by atoms with Gasteiger partial charge in [-0.25, -0.2) is 0 Å². The molecule has 0 rings (SSSR count). The highest BCUT2D eigenvalue weighted by atomic mass is 19.3. The minimum Gasteiger partial charge on any atom is -0.378 e. The van der Waals surface area contributed by atoms with Crippen LogP contribution in [0.4, 0.5) is 26.3 Å². The molecule has 80 valence electrons. The van der Waals surface area contributed by atoms with E-state index in [0.29, 0.717) is 0 Å². The third-order valence-electron chi connectivity index (χ3n) is 1.34. The molecular formula is C6H8F6O. The molecule has 0 aromatic carbocycles. The number of alkyl halides is 6. The Bertz CT molecular complexity index is 172. The van der Waals surface area contributed by atoms with E-state index in [1.807, 2.05) is 0 Å². The zero-order valence-corrected chi connectivity index (χ0v) is 6.88. The summed E-state index contributed by atoms with van der Waals surface area (Å²) in [4.78, 5) is 0. The molecule has 0 saturated carbocycles. The summed E-state index contributed by atoms with van der Waals surface area (Å²) in [5, 5.41) is 0. The number of hydrogen-bond donors (Lipinski definition) is 0.